The number of benzene rings is 2. The van der Waals surface area contributed by atoms with Crippen molar-refractivity contribution in [2.75, 3.05) is 12.4 Å². The molecular formula is C16H19BO3S. The molecule has 0 spiro atoms. The Balaban J connectivity index is 1.79. The monoisotopic (exact) mass is 302 g/mol. The number of thioether (sulfide) groups is 1. The summed E-state index contributed by atoms with van der Waals surface area (Å²) < 4.78 is 5.64. The van der Waals surface area contributed by atoms with Gasteiger partial charge in [-0.1, -0.05) is 29.8 Å². The van der Waals surface area contributed by atoms with Gasteiger partial charge in [-0.25, -0.2) is 0 Å². The van der Waals surface area contributed by atoms with Crippen LogP contribution in [0, 0.1) is 13.8 Å². The summed E-state index contributed by atoms with van der Waals surface area (Å²) in [4.78, 5) is 1.28. The Morgan fingerprint density at radius 2 is 1.76 bits per heavy atom. The third-order valence-corrected chi connectivity index (χ3v) is 4.26. The molecule has 110 valence electrons. The molecule has 3 nitrogen and oxygen atoms in total. The molecule has 0 aliphatic rings. The van der Waals surface area contributed by atoms with Crippen LogP contribution in [0.2, 0.25) is 0 Å². The van der Waals surface area contributed by atoms with Gasteiger partial charge in [0.1, 0.15) is 5.75 Å². The first-order valence-electron chi connectivity index (χ1n) is 6.85. The largest absolute Gasteiger partial charge is 0.493 e. The van der Waals surface area contributed by atoms with E-state index in [-0.39, 0.29) is 0 Å². The van der Waals surface area contributed by atoms with E-state index in [1.54, 1.807) is 36.0 Å². The van der Waals surface area contributed by atoms with Crippen LogP contribution in [0.5, 0.6) is 5.75 Å². The van der Waals surface area contributed by atoms with Gasteiger partial charge >= 0.3 is 7.12 Å². The average Bonchev–Trinajstić information content (AvgIpc) is 2.46. The molecule has 2 aromatic rings. The summed E-state index contributed by atoms with van der Waals surface area (Å²) in [6.45, 7) is 4.83. The second kappa shape index (κ2) is 7.55. The second-order valence-electron chi connectivity index (χ2n) is 4.91. The summed E-state index contributed by atoms with van der Waals surface area (Å²) >= 11 is 1.78. The summed E-state index contributed by atoms with van der Waals surface area (Å²) in [7, 11) is -1.43. The standard InChI is InChI=1S/C16H19BO3S/c1-12-3-8-16(13(2)11-12)21-10-9-20-15-6-4-14(5-7-15)17(18)19/h3-8,11,18-19H,9-10H2,1-2H3. The highest BCUT2D eigenvalue weighted by atomic mass is 32.2. The van der Waals surface area contributed by atoms with E-state index in [9.17, 15) is 0 Å². The predicted molar refractivity (Wildman–Crippen MR) is 88.4 cm³/mol. The molecule has 0 aliphatic heterocycles. The van der Waals surface area contributed by atoms with E-state index < -0.39 is 7.12 Å². The summed E-state index contributed by atoms with van der Waals surface area (Å²) in [6, 6.07) is 13.2. The maximum Gasteiger partial charge on any atom is 0.488 e. The summed E-state index contributed by atoms with van der Waals surface area (Å²) in [5.41, 5.74) is 3.03. The molecule has 0 saturated carbocycles. The first-order chi connectivity index (χ1) is 10.1. The van der Waals surface area contributed by atoms with E-state index in [1.165, 1.54) is 16.0 Å². The Hall–Kier alpha value is -1.43. The summed E-state index contributed by atoms with van der Waals surface area (Å²) in [6.07, 6.45) is 0. The molecule has 0 unspecified atom stereocenters. The van der Waals surface area contributed by atoms with Crippen molar-refractivity contribution in [1.82, 2.24) is 0 Å². The second-order valence-corrected chi connectivity index (χ2v) is 6.05. The fourth-order valence-electron chi connectivity index (χ4n) is 2.01. The van der Waals surface area contributed by atoms with Gasteiger partial charge in [-0.2, -0.15) is 0 Å². The zero-order chi connectivity index (χ0) is 15.2. The zero-order valence-corrected chi connectivity index (χ0v) is 13.1. The quantitative estimate of drug-likeness (QED) is 0.488. The van der Waals surface area contributed by atoms with Gasteiger partial charge in [0.2, 0.25) is 0 Å². The molecule has 21 heavy (non-hydrogen) atoms. The molecule has 0 saturated heterocycles. The van der Waals surface area contributed by atoms with Gasteiger partial charge in [0.15, 0.2) is 0 Å². The molecule has 0 atom stereocenters. The van der Waals surface area contributed by atoms with Crippen LogP contribution in [0.1, 0.15) is 11.1 Å². The fourth-order valence-corrected chi connectivity index (χ4v) is 2.85. The van der Waals surface area contributed by atoms with E-state index in [2.05, 4.69) is 32.0 Å². The Morgan fingerprint density at radius 1 is 1.05 bits per heavy atom. The maximum atomic E-state index is 9.01. The van der Waals surface area contributed by atoms with Crippen LogP contribution < -0.4 is 10.2 Å². The van der Waals surface area contributed by atoms with Gasteiger partial charge in [-0.3, -0.25) is 0 Å². The van der Waals surface area contributed by atoms with Crippen molar-refractivity contribution in [3.8, 4) is 5.75 Å². The van der Waals surface area contributed by atoms with Crippen molar-refractivity contribution in [3.63, 3.8) is 0 Å². The zero-order valence-electron chi connectivity index (χ0n) is 12.2. The molecule has 2 aromatic carbocycles. The molecule has 0 fully saturated rings. The summed E-state index contributed by atoms with van der Waals surface area (Å²) in [5.74, 6) is 1.61. The molecule has 0 aromatic heterocycles. The molecule has 5 heteroatoms. The van der Waals surface area contributed by atoms with E-state index in [0.717, 1.165) is 11.5 Å². The van der Waals surface area contributed by atoms with Crippen LogP contribution >= 0.6 is 11.8 Å². The molecule has 2 N–H and O–H groups in total. The predicted octanol–water partition coefficient (Wildman–Crippen LogP) is 2.15. The normalized spacial score (nSPS) is 10.5. The van der Waals surface area contributed by atoms with Gasteiger partial charge in [0.25, 0.3) is 0 Å². The topological polar surface area (TPSA) is 49.7 Å². The maximum absolute atomic E-state index is 9.01. The van der Waals surface area contributed by atoms with E-state index in [0.29, 0.717) is 12.1 Å². The molecular weight excluding hydrogens is 283 g/mol. The lowest BCUT2D eigenvalue weighted by Gasteiger charge is -2.09. The van der Waals surface area contributed by atoms with Crippen LogP contribution in [0.15, 0.2) is 47.4 Å². The Kier molecular flexibility index (Phi) is 5.73. The molecule has 0 radical (unpaired) electrons. The van der Waals surface area contributed by atoms with Gasteiger partial charge in [-0.15, -0.1) is 11.8 Å². The first kappa shape index (κ1) is 16.0. The van der Waals surface area contributed by atoms with Crippen molar-refractivity contribution in [3.05, 3.63) is 53.6 Å². The van der Waals surface area contributed by atoms with E-state index in [1.807, 2.05) is 0 Å². The highest BCUT2D eigenvalue weighted by molar-refractivity contribution is 7.99. The number of rotatable bonds is 6. The number of ether oxygens (including phenoxy) is 1. The molecule has 0 heterocycles. The minimum atomic E-state index is -1.43. The van der Waals surface area contributed by atoms with Gasteiger partial charge in [0, 0.05) is 10.6 Å². The molecule has 0 aliphatic carbocycles. The smallest absolute Gasteiger partial charge is 0.488 e. The third-order valence-electron chi connectivity index (χ3n) is 3.12. The van der Waals surface area contributed by atoms with E-state index in [4.69, 9.17) is 14.8 Å². The third kappa shape index (κ3) is 4.81. The minimum Gasteiger partial charge on any atom is -0.493 e. The molecule has 0 amide bonds. The SMILES string of the molecule is Cc1ccc(SCCOc2ccc(B(O)O)cc2)c(C)c1. The highest BCUT2D eigenvalue weighted by Gasteiger charge is 2.09. The van der Waals surface area contributed by atoms with Crippen LogP contribution in [-0.2, 0) is 0 Å². The average molecular weight is 302 g/mol. The Labute approximate surface area is 130 Å². The van der Waals surface area contributed by atoms with Crippen molar-refractivity contribution >= 4 is 24.3 Å². The lowest BCUT2D eigenvalue weighted by molar-refractivity contribution is 0.344. The van der Waals surface area contributed by atoms with Gasteiger partial charge < -0.3 is 14.8 Å². The summed E-state index contributed by atoms with van der Waals surface area (Å²) in [5, 5.41) is 18.0. The minimum absolute atomic E-state index is 0.465. The molecule has 2 rings (SSSR count). The Bertz CT molecular complexity index is 585. The van der Waals surface area contributed by atoms with Crippen molar-refractivity contribution in [1.29, 1.82) is 0 Å². The Morgan fingerprint density at radius 3 is 2.38 bits per heavy atom. The van der Waals surface area contributed by atoms with E-state index >= 15 is 0 Å². The number of hydrogen-bond acceptors (Lipinski definition) is 4. The molecule has 0 bridgehead atoms. The van der Waals surface area contributed by atoms with Crippen molar-refractivity contribution < 1.29 is 14.8 Å². The van der Waals surface area contributed by atoms with Crippen molar-refractivity contribution in [2.24, 2.45) is 0 Å². The first-order valence-corrected chi connectivity index (χ1v) is 7.84. The fraction of sp³-hybridized carbons (Fsp3) is 0.250. The number of hydrogen-bond donors (Lipinski definition) is 2. The van der Waals surface area contributed by atoms with Gasteiger partial charge in [0.05, 0.1) is 6.61 Å². The van der Waals surface area contributed by atoms with Crippen LogP contribution in [0.25, 0.3) is 0 Å². The highest BCUT2D eigenvalue weighted by Crippen LogP contribution is 2.23. The van der Waals surface area contributed by atoms with Crippen LogP contribution in [0.3, 0.4) is 0 Å². The van der Waals surface area contributed by atoms with Crippen LogP contribution in [-0.4, -0.2) is 29.5 Å². The van der Waals surface area contributed by atoms with Crippen LogP contribution in [0.4, 0.5) is 0 Å². The lowest BCUT2D eigenvalue weighted by atomic mass is 9.80. The lowest BCUT2D eigenvalue weighted by Crippen LogP contribution is -2.29. The van der Waals surface area contributed by atoms with Gasteiger partial charge in [-0.05, 0) is 43.1 Å². The van der Waals surface area contributed by atoms with Crippen molar-refractivity contribution in [2.45, 2.75) is 18.7 Å². The number of aryl methyl sites for hydroxylation is 2.